The van der Waals surface area contributed by atoms with Crippen LogP contribution in [0.4, 0.5) is 10.1 Å². The first-order valence-corrected chi connectivity index (χ1v) is 13.6. The highest BCUT2D eigenvalue weighted by Crippen LogP contribution is 2.45. The molecule has 1 amide bonds. The van der Waals surface area contributed by atoms with Crippen molar-refractivity contribution in [2.75, 3.05) is 31.2 Å². The Labute approximate surface area is 226 Å². The second-order valence-corrected chi connectivity index (χ2v) is 10.9. The van der Waals surface area contributed by atoms with Gasteiger partial charge in [-0.2, -0.15) is 0 Å². The number of hydrogen-bond acceptors (Lipinski definition) is 6. The molecule has 0 unspecified atom stereocenters. The van der Waals surface area contributed by atoms with E-state index in [1.165, 1.54) is 34.0 Å². The lowest BCUT2D eigenvalue weighted by Gasteiger charge is -2.45. The molecule has 2 saturated heterocycles. The van der Waals surface area contributed by atoms with Crippen LogP contribution in [0.2, 0.25) is 0 Å². The van der Waals surface area contributed by atoms with Crippen LogP contribution in [0.15, 0.2) is 66.9 Å². The van der Waals surface area contributed by atoms with Crippen molar-refractivity contribution in [2.45, 2.75) is 44.0 Å². The maximum atomic E-state index is 14.1. The van der Waals surface area contributed by atoms with Gasteiger partial charge in [-0.3, -0.25) is 14.4 Å². The molecule has 1 atom stereocenters. The van der Waals surface area contributed by atoms with Gasteiger partial charge in [0.15, 0.2) is 0 Å². The Balaban J connectivity index is 1.13. The van der Waals surface area contributed by atoms with Crippen molar-refractivity contribution in [3.05, 3.63) is 89.5 Å². The number of hydrogen-bond donors (Lipinski definition) is 1. The molecule has 3 heterocycles. The Morgan fingerprint density at radius 1 is 1.00 bits per heavy atom. The van der Waals surface area contributed by atoms with Crippen LogP contribution in [0.5, 0.6) is 0 Å². The lowest BCUT2D eigenvalue weighted by Crippen LogP contribution is -2.57. The first-order valence-electron chi connectivity index (χ1n) is 13.6. The van der Waals surface area contributed by atoms with Crippen molar-refractivity contribution in [3.8, 4) is 0 Å². The number of piperidine rings is 1. The van der Waals surface area contributed by atoms with Gasteiger partial charge in [0, 0.05) is 31.4 Å². The van der Waals surface area contributed by atoms with E-state index in [2.05, 4.69) is 56.5 Å². The lowest BCUT2D eigenvalue weighted by molar-refractivity contribution is -0.134. The van der Waals surface area contributed by atoms with Gasteiger partial charge in [0.05, 0.1) is 26.0 Å². The Kier molecular flexibility index (Phi) is 5.86. The molecule has 0 bridgehead atoms. The summed E-state index contributed by atoms with van der Waals surface area (Å²) < 4.78 is 15.5. The van der Waals surface area contributed by atoms with Gasteiger partial charge in [-0.1, -0.05) is 41.6 Å². The largest absolute Gasteiger partial charge is 0.390 e. The van der Waals surface area contributed by atoms with Gasteiger partial charge >= 0.3 is 0 Å². The fourth-order valence-corrected chi connectivity index (χ4v) is 6.88. The van der Waals surface area contributed by atoms with E-state index < -0.39 is 5.54 Å². The van der Waals surface area contributed by atoms with E-state index in [9.17, 15) is 14.3 Å². The predicted molar refractivity (Wildman–Crippen MR) is 145 cm³/mol. The first-order chi connectivity index (χ1) is 19.1. The zero-order chi connectivity index (χ0) is 26.6. The van der Waals surface area contributed by atoms with Gasteiger partial charge in [-0.05, 0) is 65.4 Å². The molecule has 1 N–H and O–H groups in total. The average Bonchev–Trinajstić information content (AvgIpc) is 3.66. The first kappa shape index (κ1) is 24.2. The highest BCUT2D eigenvalue weighted by atomic mass is 19.1. The third-order valence-electron chi connectivity index (χ3n) is 8.86. The quantitative estimate of drug-likeness (QED) is 0.415. The molecule has 8 nitrogen and oxygen atoms in total. The summed E-state index contributed by atoms with van der Waals surface area (Å²) in [6, 6.07) is 20.0. The summed E-state index contributed by atoms with van der Waals surface area (Å²) >= 11 is 0. The van der Waals surface area contributed by atoms with Crippen molar-refractivity contribution >= 4 is 22.4 Å². The standard InChI is InChI=1S/C30H31FN6O2/c31-23-7-9-25(10-8-23)37-20-35(15-16-36-18-24(19-38)32-33-36)29(39)30(37)11-13-34(14-12-30)27-17-22-5-1-3-21-4-2-6-26(27)28(21)22/h1-10,18,27,38H,11-17,19-20H2/t27-/m1/s1. The van der Waals surface area contributed by atoms with E-state index in [-0.39, 0.29) is 18.3 Å². The zero-order valence-corrected chi connectivity index (χ0v) is 21.7. The van der Waals surface area contributed by atoms with Crippen LogP contribution >= 0.6 is 0 Å². The summed E-state index contributed by atoms with van der Waals surface area (Å²) in [5, 5.41) is 20.0. The molecule has 1 spiro atoms. The third kappa shape index (κ3) is 3.99. The second kappa shape index (κ2) is 9.43. The molecule has 2 fully saturated rings. The number of likely N-dealkylation sites (tertiary alicyclic amines) is 1. The van der Waals surface area contributed by atoms with Crippen LogP contribution in [0, 0.1) is 5.82 Å². The third-order valence-corrected chi connectivity index (χ3v) is 8.86. The van der Waals surface area contributed by atoms with Crippen LogP contribution in [-0.4, -0.2) is 67.6 Å². The highest BCUT2D eigenvalue weighted by molar-refractivity contribution is 5.94. The number of carbonyl (C=O) groups is 1. The van der Waals surface area contributed by atoms with Gasteiger partial charge < -0.3 is 14.9 Å². The molecule has 3 aliphatic rings. The molecular weight excluding hydrogens is 495 g/mol. The van der Waals surface area contributed by atoms with Gasteiger partial charge in [-0.25, -0.2) is 4.39 Å². The van der Waals surface area contributed by atoms with Crippen LogP contribution < -0.4 is 4.90 Å². The zero-order valence-electron chi connectivity index (χ0n) is 21.7. The minimum Gasteiger partial charge on any atom is -0.390 e. The summed E-state index contributed by atoms with van der Waals surface area (Å²) in [6.07, 6.45) is 4.12. The molecule has 3 aromatic carbocycles. The monoisotopic (exact) mass is 526 g/mol. The lowest BCUT2D eigenvalue weighted by atomic mass is 9.84. The number of aromatic nitrogens is 3. The maximum Gasteiger partial charge on any atom is 0.250 e. The van der Waals surface area contributed by atoms with Crippen LogP contribution in [0.1, 0.15) is 35.7 Å². The smallest absolute Gasteiger partial charge is 0.250 e. The number of nitrogens with zero attached hydrogens (tertiary/aromatic N) is 6. The molecule has 2 aliphatic heterocycles. The van der Waals surface area contributed by atoms with E-state index in [0.29, 0.717) is 44.3 Å². The topological polar surface area (TPSA) is 77.7 Å². The van der Waals surface area contributed by atoms with Crippen LogP contribution in [0.3, 0.4) is 0 Å². The van der Waals surface area contributed by atoms with Crippen molar-refractivity contribution in [1.82, 2.24) is 24.8 Å². The van der Waals surface area contributed by atoms with Gasteiger partial charge in [0.25, 0.3) is 0 Å². The number of rotatable bonds is 6. The van der Waals surface area contributed by atoms with Gasteiger partial charge in [0.1, 0.15) is 17.1 Å². The molecule has 9 heteroatoms. The molecule has 200 valence electrons. The highest BCUT2D eigenvalue weighted by Gasteiger charge is 2.54. The molecule has 0 radical (unpaired) electrons. The number of aliphatic hydroxyl groups is 1. The van der Waals surface area contributed by atoms with Crippen molar-refractivity contribution in [2.24, 2.45) is 0 Å². The summed E-state index contributed by atoms with van der Waals surface area (Å²) in [6.45, 7) is 2.88. The van der Waals surface area contributed by atoms with E-state index in [1.807, 2.05) is 4.90 Å². The Bertz CT molecular complexity index is 1520. The van der Waals surface area contributed by atoms with E-state index in [0.717, 1.165) is 25.2 Å². The summed E-state index contributed by atoms with van der Waals surface area (Å²) in [7, 11) is 0. The number of anilines is 1. The minimum atomic E-state index is -0.662. The second-order valence-electron chi connectivity index (χ2n) is 10.9. The van der Waals surface area contributed by atoms with Crippen LogP contribution in [0.25, 0.3) is 10.8 Å². The molecular formula is C30H31FN6O2. The molecule has 39 heavy (non-hydrogen) atoms. The number of aliphatic hydroxyl groups excluding tert-OH is 1. The number of benzene rings is 3. The van der Waals surface area contributed by atoms with Crippen molar-refractivity contribution < 1.29 is 14.3 Å². The number of carbonyl (C=O) groups excluding carboxylic acids is 1. The van der Waals surface area contributed by atoms with E-state index >= 15 is 0 Å². The summed E-state index contributed by atoms with van der Waals surface area (Å²) in [5.41, 5.74) is 3.50. The SMILES string of the molecule is O=C1N(CCn2cc(CO)nn2)CN(c2ccc(F)cc2)C12CCN([C@@H]1Cc3cccc4cccc1c34)CC2. The maximum absolute atomic E-state index is 14.1. The average molecular weight is 527 g/mol. The van der Waals surface area contributed by atoms with Crippen molar-refractivity contribution in [3.63, 3.8) is 0 Å². The summed E-state index contributed by atoms with van der Waals surface area (Å²) in [5.74, 6) is -0.170. The fourth-order valence-electron chi connectivity index (χ4n) is 6.88. The Hall–Kier alpha value is -3.82. The molecule has 4 aromatic rings. The van der Waals surface area contributed by atoms with Crippen LogP contribution in [-0.2, 0) is 24.4 Å². The van der Waals surface area contributed by atoms with Gasteiger partial charge in [-0.15, -0.1) is 5.10 Å². The number of halogens is 1. The molecule has 1 aromatic heterocycles. The Morgan fingerprint density at radius 3 is 2.51 bits per heavy atom. The molecule has 0 saturated carbocycles. The predicted octanol–water partition coefficient (Wildman–Crippen LogP) is 3.50. The van der Waals surface area contributed by atoms with E-state index in [4.69, 9.17) is 0 Å². The van der Waals surface area contributed by atoms with Gasteiger partial charge in [0.2, 0.25) is 5.91 Å². The summed E-state index contributed by atoms with van der Waals surface area (Å²) in [4.78, 5) is 20.7. The number of amides is 1. The van der Waals surface area contributed by atoms with E-state index in [1.54, 1.807) is 23.0 Å². The normalized spacial score (nSPS) is 20.6. The Morgan fingerprint density at radius 2 is 1.77 bits per heavy atom. The molecule has 7 rings (SSSR count). The fraction of sp³-hybridized carbons (Fsp3) is 0.367. The minimum absolute atomic E-state index is 0.116. The van der Waals surface area contributed by atoms with Crippen molar-refractivity contribution in [1.29, 1.82) is 0 Å². The molecule has 1 aliphatic carbocycles.